The molecule has 0 aliphatic rings. The highest BCUT2D eigenvalue weighted by molar-refractivity contribution is 9.10. The van der Waals surface area contributed by atoms with Crippen LogP contribution in [0.3, 0.4) is 0 Å². The third kappa shape index (κ3) is 6.16. The number of halogens is 1. The number of carbonyl (C=O) groups is 2. The zero-order valence-electron chi connectivity index (χ0n) is 12.5. The highest BCUT2D eigenvalue weighted by Gasteiger charge is 2.08. The monoisotopic (exact) mass is 356 g/mol. The van der Waals surface area contributed by atoms with Crippen molar-refractivity contribution in [2.45, 2.75) is 39.5 Å². The van der Waals surface area contributed by atoms with Crippen molar-refractivity contribution in [3.8, 4) is 5.75 Å². The van der Waals surface area contributed by atoms with Crippen LogP contribution >= 0.6 is 15.9 Å². The Morgan fingerprint density at radius 1 is 1.24 bits per heavy atom. The van der Waals surface area contributed by atoms with Gasteiger partial charge in [0, 0.05) is 6.42 Å². The molecule has 0 fully saturated rings. The van der Waals surface area contributed by atoms with E-state index in [1.54, 1.807) is 0 Å². The van der Waals surface area contributed by atoms with Crippen molar-refractivity contribution in [1.29, 1.82) is 0 Å². The standard InChI is InChI=1S/C15H21BrN2O3/c1-4-5-14(19)17-18-15(20)9-21-13-7-6-11(10(2)3)8-12(13)16/h6-8,10H,4-5,9H2,1-3H3,(H,17,19)(H,18,20). The van der Waals surface area contributed by atoms with Crippen LogP contribution in [0.5, 0.6) is 5.75 Å². The van der Waals surface area contributed by atoms with Gasteiger partial charge in [0.05, 0.1) is 4.47 Å². The molecule has 116 valence electrons. The summed E-state index contributed by atoms with van der Waals surface area (Å²) in [6.07, 6.45) is 1.11. The summed E-state index contributed by atoms with van der Waals surface area (Å²) in [5.74, 6) is 0.398. The van der Waals surface area contributed by atoms with Crippen LogP contribution in [0.4, 0.5) is 0 Å². The number of amides is 2. The van der Waals surface area contributed by atoms with E-state index >= 15 is 0 Å². The molecule has 0 bridgehead atoms. The fourth-order valence-corrected chi connectivity index (χ4v) is 2.11. The number of rotatable bonds is 6. The van der Waals surface area contributed by atoms with Crippen molar-refractivity contribution in [1.82, 2.24) is 10.9 Å². The summed E-state index contributed by atoms with van der Waals surface area (Å²) in [5.41, 5.74) is 5.82. The highest BCUT2D eigenvalue weighted by atomic mass is 79.9. The van der Waals surface area contributed by atoms with Crippen LogP contribution in [-0.4, -0.2) is 18.4 Å². The van der Waals surface area contributed by atoms with Crippen molar-refractivity contribution in [3.63, 3.8) is 0 Å². The number of benzene rings is 1. The first-order chi connectivity index (χ1) is 9.93. The number of hydrogen-bond acceptors (Lipinski definition) is 3. The molecule has 21 heavy (non-hydrogen) atoms. The summed E-state index contributed by atoms with van der Waals surface area (Å²) in [4.78, 5) is 22.7. The minimum atomic E-state index is -0.403. The molecule has 1 aromatic rings. The van der Waals surface area contributed by atoms with Gasteiger partial charge in [-0.3, -0.25) is 20.4 Å². The molecule has 0 saturated carbocycles. The summed E-state index contributed by atoms with van der Waals surface area (Å²) < 4.78 is 6.22. The van der Waals surface area contributed by atoms with Crippen molar-refractivity contribution in [2.75, 3.05) is 6.61 Å². The lowest BCUT2D eigenvalue weighted by atomic mass is 10.0. The Kier molecular flexibility index (Phi) is 7.22. The molecule has 0 spiro atoms. The molecule has 0 atom stereocenters. The number of hydrazine groups is 1. The average molecular weight is 357 g/mol. The minimum absolute atomic E-state index is 0.161. The number of nitrogens with one attached hydrogen (secondary N) is 2. The van der Waals surface area contributed by atoms with Crippen LogP contribution in [0.1, 0.15) is 45.1 Å². The molecule has 0 aromatic heterocycles. The summed E-state index contributed by atoms with van der Waals surface area (Å²) in [5, 5.41) is 0. The van der Waals surface area contributed by atoms with Gasteiger partial charge in [-0.2, -0.15) is 0 Å². The van der Waals surface area contributed by atoms with Crippen molar-refractivity contribution in [2.24, 2.45) is 0 Å². The van der Waals surface area contributed by atoms with E-state index < -0.39 is 5.91 Å². The Hall–Kier alpha value is -1.56. The Morgan fingerprint density at radius 2 is 1.90 bits per heavy atom. The Bertz CT molecular complexity index is 504. The van der Waals surface area contributed by atoms with Crippen LogP contribution < -0.4 is 15.6 Å². The summed E-state index contributed by atoms with van der Waals surface area (Å²) in [6.45, 7) is 5.94. The molecule has 0 saturated heterocycles. The van der Waals surface area contributed by atoms with Gasteiger partial charge >= 0.3 is 0 Å². The maximum atomic E-state index is 11.5. The maximum absolute atomic E-state index is 11.5. The second-order valence-electron chi connectivity index (χ2n) is 4.98. The third-order valence-electron chi connectivity index (χ3n) is 2.80. The molecule has 5 nitrogen and oxygen atoms in total. The molecule has 1 aromatic carbocycles. The first-order valence-corrected chi connectivity index (χ1v) is 7.73. The molecule has 1 rings (SSSR count). The summed E-state index contributed by atoms with van der Waals surface area (Å²) in [6, 6.07) is 5.76. The SMILES string of the molecule is CCCC(=O)NNC(=O)COc1ccc(C(C)C)cc1Br. The fourth-order valence-electron chi connectivity index (χ4n) is 1.60. The van der Waals surface area contributed by atoms with Crippen molar-refractivity contribution < 1.29 is 14.3 Å². The van der Waals surface area contributed by atoms with Gasteiger partial charge in [0.25, 0.3) is 5.91 Å². The molecule has 2 N–H and O–H groups in total. The molecule has 0 aliphatic carbocycles. The van der Waals surface area contributed by atoms with E-state index in [1.807, 2.05) is 25.1 Å². The Labute approximate surface area is 133 Å². The van der Waals surface area contributed by atoms with Gasteiger partial charge in [-0.15, -0.1) is 0 Å². The predicted molar refractivity (Wildman–Crippen MR) is 84.9 cm³/mol. The van der Waals surface area contributed by atoms with Crippen molar-refractivity contribution >= 4 is 27.7 Å². The lowest BCUT2D eigenvalue weighted by Gasteiger charge is -2.12. The van der Waals surface area contributed by atoms with Crippen molar-refractivity contribution in [3.05, 3.63) is 28.2 Å². The zero-order chi connectivity index (χ0) is 15.8. The lowest BCUT2D eigenvalue weighted by Crippen LogP contribution is -2.43. The normalized spacial score (nSPS) is 10.3. The summed E-state index contributed by atoms with van der Waals surface area (Å²) in [7, 11) is 0. The Balaban J connectivity index is 2.44. The second-order valence-corrected chi connectivity index (χ2v) is 5.83. The number of carbonyl (C=O) groups excluding carboxylic acids is 2. The molecule has 0 radical (unpaired) electrons. The highest BCUT2D eigenvalue weighted by Crippen LogP contribution is 2.28. The average Bonchev–Trinajstić information content (AvgIpc) is 2.44. The van der Waals surface area contributed by atoms with E-state index in [2.05, 4.69) is 40.6 Å². The van der Waals surface area contributed by atoms with Crippen LogP contribution in [0.15, 0.2) is 22.7 Å². The topological polar surface area (TPSA) is 67.4 Å². The van der Waals surface area contributed by atoms with Gasteiger partial charge in [0.2, 0.25) is 5.91 Å². The molecule has 6 heteroatoms. The van der Waals surface area contributed by atoms with E-state index in [9.17, 15) is 9.59 Å². The van der Waals surface area contributed by atoms with Crippen LogP contribution in [-0.2, 0) is 9.59 Å². The van der Waals surface area contributed by atoms with Gasteiger partial charge in [-0.05, 0) is 46.0 Å². The van der Waals surface area contributed by atoms with Gasteiger partial charge in [-0.1, -0.05) is 26.8 Å². The van der Waals surface area contributed by atoms with Gasteiger partial charge in [0.1, 0.15) is 5.75 Å². The molecule has 0 aliphatic heterocycles. The third-order valence-corrected chi connectivity index (χ3v) is 3.42. The Morgan fingerprint density at radius 3 is 2.48 bits per heavy atom. The molecule has 0 heterocycles. The lowest BCUT2D eigenvalue weighted by molar-refractivity contribution is -0.130. The smallest absolute Gasteiger partial charge is 0.276 e. The van der Waals surface area contributed by atoms with Gasteiger partial charge in [-0.25, -0.2) is 0 Å². The van der Waals surface area contributed by atoms with Crippen LogP contribution in [0.25, 0.3) is 0 Å². The first-order valence-electron chi connectivity index (χ1n) is 6.94. The largest absolute Gasteiger partial charge is 0.483 e. The fraction of sp³-hybridized carbons (Fsp3) is 0.467. The van der Waals surface area contributed by atoms with E-state index in [0.717, 1.165) is 10.9 Å². The van der Waals surface area contributed by atoms with Crippen LogP contribution in [0, 0.1) is 0 Å². The second kappa shape index (κ2) is 8.67. The van der Waals surface area contributed by atoms with Gasteiger partial charge in [0.15, 0.2) is 6.61 Å². The summed E-state index contributed by atoms with van der Waals surface area (Å²) >= 11 is 3.42. The number of hydrogen-bond donors (Lipinski definition) is 2. The minimum Gasteiger partial charge on any atom is -0.483 e. The molecule has 2 amide bonds. The predicted octanol–water partition coefficient (Wildman–Crippen LogP) is 2.90. The van der Waals surface area contributed by atoms with E-state index in [0.29, 0.717) is 18.1 Å². The number of ether oxygens (including phenoxy) is 1. The first kappa shape index (κ1) is 17.5. The molecular weight excluding hydrogens is 336 g/mol. The van der Waals surface area contributed by atoms with Crippen LogP contribution in [0.2, 0.25) is 0 Å². The van der Waals surface area contributed by atoms with E-state index in [1.165, 1.54) is 5.56 Å². The van der Waals surface area contributed by atoms with E-state index in [-0.39, 0.29) is 12.5 Å². The quantitative estimate of drug-likeness (QED) is 0.770. The molecular formula is C15H21BrN2O3. The maximum Gasteiger partial charge on any atom is 0.276 e. The van der Waals surface area contributed by atoms with E-state index in [4.69, 9.17) is 4.74 Å². The zero-order valence-corrected chi connectivity index (χ0v) is 14.1. The molecule has 0 unspecified atom stereocenters. The van der Waals surface area contributed by atoms with Gasteiger partial charge < -0.3 is 4.74 Å².